The second-order valence-electron chi connectivity index (χ2n) is 7.53. The zero-order chi connectivity index (χ0) is 21.2. The molecule has 2 aromatic rings. The highest BCUT2D eigenvalue weighted by molar-refractivity contribution is 5.80. The summed E-state index contributed by atoms with van der Waals surface area (Å²) >= 11 is 0. The van der Waals surface area contributed by atoms with Gasteiger partial charge in [-0.1, -0.05) is 19.1 Å². The van der Waals surface area contributed by atoms with Gasteiger partial charge in [0.25, 0.3) is 0 Å². The van der Waals surface area contributed by atoms with E-state index in [2.05, 4.69) is 62.5 Å². The molecule has 0 fully saturated rings. The highest BCUT2D eigenvalue weighted by Gasteiger charge is 2.14. The van der Waals surface area contributed by atoms with E-state index in [1.165, 1.54) is 16.8 Å². The fourth-order valence-corrected chi connectivity index (χ4v) is 3.33. The lowest BCUT2D eigenvalue weighted by atomic mass is 10.1. The van der Waals surface area contributed by atoms with Crippen LogP contribution < -0.4 is 15.4 Å². The highest BCUT2D eigenvalue weighted by Crippen LogP contribution is 2.15. The van der Waals surface area contributed by atoms with E-state index in [9.17, 15) is 0 Å². The van der Waals surface area contributed by atoms with Crippen LogP contribution in [0.2, 0.25) is 0 Å². The first-order valence-electron chi connectivity index (χ1n) is 10.7. The van der Waals surface area contributed by atoms with E-state index in [1.54, 1.807) is 0 Å². The third-order valence-corrected chi connectivity index (χ3v) is 4.94. The summed E-state index contributed by atoms with van der Waals surface area (Å²) in [6.07, 6.45) is 2.82. The van der Waals surface area contributed by atoms with Crippen LogP contribution in [-0.4, -0.2) is 41.5 Å². The Labute approximate surface area is 175 Å². The Balaban J connectivity index is 1.93. The average Bonchev–Trinajstić information content (AvgIpc) is 2.93. The maximum absolute atomic E-state index is 5.72. The summed E-state index contributed by atoms with van der Waals surface area (Å²) in [7, 11) is 2.00. The van der Waals surface area contributed by atoms with Crippen LogP contribution in [0.4, 0.5) is 0 Å². The van der Waals surface area contributed by atoms with Gasteiger partial charge < -0.3 is 15.4 Å². The van der Waals surface area contributed by atoms with E-state index in [0.717, 1.165) is 56.4 Å². The monoisotopic (exact) mass is 399 g/mol. The number of rotatable bonds is 10. The lowest BCUT2D eigenvalue weighted by molar-refractivity contribution is 0.317. The van der Waals surface area contributed by atoms with Crippen LogP contribution in [0.25, 0.3) is 0 Å². The summed E-state index contributed by atoms with van der Waals surface area (Å²) in [5, 5.41) is 11.4. The minimum atomic E-state index is 0.264. The van der Waals surface area contributed by atoms with Gasteiger partial charge in [0.2, 0.25) is 0 Å². The first kappa shape index (κ1) is 22.8. The number of nitrogens with one attached hydrogen (secondary N) is 2. The van der Waals surface area contributed by atoms with Crippen LogP contribution in [0.15, 0.2) is 29.3 Å². The van der Waals surface area contributed by atoms with E-state index in [0.29, 0.717) is 0 Å². The number of guanidine groups is 1. The van der Waals surface area contributed by atoms with E-state index in [4.69, 9.17) is 9.73 Å². The SMILES string of the molecule is CCCOc1cccc(CCN=C(NCC)NC(C)Cc2c(C)nn(C)c2C)c1. The molecule has 0 saturated carbocycles. The average molecular weight is 400 g/mol. The van der Waals surface area contributed by atoms with Crippen molar-refractivity contribution in [2.45, 2.75) is 59.9 Å². The Morgan fingerprint density at radius 2 is 2.07 bits per heavy atom. The van der Waals surface area contributed by atoms with E-state index < -0.39 is 0 Å². The third kappa shape index (κ3) is 7.11. The second kappa shape index (κ2) is 11.5. The molecule has 1 aromatic heterocycles. The van der Waals surface area contributed by atoms with Crippen molar-refractivity contribution in [3.63, 3.8) is 0 Å². The van der Waals surface area contributed by atoms with Crippen LogP contribution in [0.3, 0.4) is 0 Å². The van der Waals surface area contributed by atoms with Crippen molar-refractivity contribution in [2.24, 2.45) is 12.0 Å². The molecule has 0 aliphatic carbocycles. The van der Waals surface area contributed by atoms with Crippen molar-refractivity contribution in [1.29, 1.82) is 0 Å². The molecule has 29 heavy (non-hydrogen) atoms. The second-order valence-corrected chi connectivity index (χ2v) is 7.53. The van der Waals surface area contributed by atoms with E-state index >= 15 is 0 Å². The Hall–Kier alpha value is -2.50. The van der Waals surface area contributed by atoms with Gasteiger partial charge in [-0.05, 0) is 70.2 Å². The molecular formula is C23H37N5O. The fourth-order valence-electron chi connectivity index (χ4n) is 3.33. The van der Waals surface area contributed by atoms with Gasteiger partial charge in [-0.2, -0.15) is 5.10 Å². The summed E-state index contributed by atoms with van der Waals surface area (Å²) < 4.78 is 7.68. The zero-order valence-electron chi connectivity index (χ0n) is 18.9. The van der Waals surface area contributed by atoms with Gasteiger partial charge in [-0.25, -0.2) is 0 Å². The molecule has 6 nitrogen and oxygen atoms in total. The lowest BCUT2D eigenvalue weighted by Crippen LogP contribution is -2.43. The van der Waals surface area contributed by atoms with Gasteiger partial charge in [-0.15, -0.1) is 0 Å². The van der Waals surface area contributed by atoms with Crippen molar-refractivity contribution < 1.29 is 4.74 Å². The molecule has 160 valence electrons. The molecule has 1 heterocycles. The molecule has 0 aliphatic heterocycles. The summed E-state index contributed by atoms with van der Waals surface area (Å²) in [6.45, 7) is 12.9. The van der Waals surface area contributed by atoms with Gasteiger partial charge in [0.15, 0.2) is 5.96 Å². The lowest BCUT2D eigenvalue weighted by Gasteiger charge is -2.18. The summed E-state index contributed by atoms with van der Waals surface area (Å²) in [5.74, 6) is 1.80. The topological polar surface area (TPSA) is 63.5 Å². The minimum absolute atomic E-state index is 0.264. The fraction of sp³-hybridized carbons (Fsp3) is 0.565. The van der Waals surface area contributed by atoms with Gasteiger partial charge >= 0.3 is 0 Å². The van der Waals surface area contributed by atoms with Crippen molar-refractivity contribution in [2.75, 3.05) is 19.7 Å². The Bertz CT molecular complexity index is 797. The predicted octanol–water partition coefficient (Wildman–Crippen LogP) is 3.55. The van der Waals surface area contributed by atoms with Gasteiger partial charge in [-0.3, -0.25) is 9.67 Å². The van der Waals surface area contributed by atoms with Crippen LogP contribution in [-0.2, 0) is 19.9 Å². The molecule has 0 amide bonds. The predicted molar refractivity (Wildman–Crippen MR) is 121 cm³/mol. The number of benzene rings is 1. The van der Waals surface area contributed by atoms with E-state index in [1.807, 2.05) is 23.9 Å². The number of aromatic nitrogens is 2. The molecule has 2 rings (SSSR count). The zero-order valence-corrected chi connectivity index (χ0v) is 18.9. The number of nitrogens with zero attached hydrogens (tertiary/aromatic N) is 3. The molecule has 1 atom stereocenters. The molecule has 0 spiro atoms. The quantitative estimate of drug-likeness (QED) is 0.474. The van der Waals surface area contributed by atoms with Crippen LogP contribution in [0, 0.1) is 13.8 Å². The standard InChI is InChI=1S/C23H37N5O/c1-7-14-29-21-11-9-10-20(16-21)12-13-25-23(24-8-2)26-17(3)15-22-18(4)27-28(6)19(22)5/h9-11,16-17H,7-8,12-15H2,1-6H3,(H2,24,25,26). The van der Waals surface area contributed by atoms with Crippen molar-refractivity contribution in [3.05, 3.63) is 46.8 Å². The van der Waals surface area contributed by atoms with Crippen LogP contribution >= 0.6 is 0 Å². The number of aliphatic imine (C=N–C) groups is 1. The number of hydrogen-bond acceptors (Lipinski definition) is 3. The minimum Gasteiger partial charge on any atom is -0.494 e. The third-order valence-electron chi connectivity index (χ3n) is 4.94. The smallest absolute Gasteiger partial charge is 0.191 e. The molecule has 0 radical (unpaired) electrons. The van der Waals surface area contributed by atoms with Crippen molar-refractivity contribution in [1.82, 2.24) is 20.4 Å². The molecular weight excluding hydrogens is 362 g/mol. The van der Waals surface area contributed by atoms with Gasteiger partial charge in [0.1, 0.15) is 5.75 Å². The highest BCUT2D eigenvalue weighted by atomic mass is 16.5. The summed E-state index contributed by atoms with van der Waals surface area (Å²) in [6, 6.07) is 8.57. The summed E-state index contributed by atoms with van der Waals surface area (Å²) in [5.41, 5.74) is 4.88. The largest absolute Gasteiger partial charge is 0.494 e. The van der Waals surface area contributed by atoms with Crippen molar-refractivity contribution >= 4 is 5.96 Å². The van der Waals surface area contributed by atoms with Crippen LogP contribution in [0.5, 0.6) is 5.75 Å². The Morgan fingerprint density at radius 3 is 2.72 bits per heavy atom. The number of hydrogen-bond donors (Lipinski definition) is 2. The Morgan fingerprint density at radius 1 is 1.28 bits per heavy atom. The molecule has 0 aliphatic rings. The van der Waals surface area contributed by atoms with Gasteiger partial charge in [0, 0.05) is 31.9 Å². The molecule has 1 unspecified atom stereocenters. The number of ether oxygens (including phenoxy) is 1. The molecule has 0 bridgehead atoms. The maximum atomic E-state index is 5.72. The van der Waals surface area contributed by atoms with Crippen LogP contribution in [0.1, 0.15) is 49.7 Å². The van der Waals surface area contributed by atoms with Gasteiger partial charge in [0.05, 0.1) is 12.3 Å². The Kier molecular flexibility index (Phi) is 9.03. The molecule has 6 heteroatoms. The number of aryl methyl sites for hydroxylation is 2. The first-order valence-corrected chi connectivity index (χ1v) is 10.7. The first-order chi connectivity index (χ1) is 13.9. The molecule has 1 aromatic carbocycles. The van der Waals surface area contributed by atoms with Crippen molar-refractivity contribution in [3.8, 4) is 5.75 Å². The molecule has 0 saturated heterocycles. The molecule has 2 N–H and O–H groups in total. The maximum Gasteiger partial charge on any atom is 0.191 e. The normalized spacial score (nSPS) is 12.7. The summed E-state index contributed by atoms with van der Waals surface area (Å²) in [4.78, 5) is 4.77. The van der Waals surface area contributed by atoms with E-state index in [-0.39, 0.29) is 6.04 Å².